The number of fused-ring (bicyclic) bond motifs is 1. The largest absolute Gasteiger partial charge is 0.456 e. The average Bonchev–Trinajstić information content (AvgIpc) is 2.84. The van der Waals surface area contributed by atoms with E-state index in [2.05, 4.69) is 4.98 Å². The number of thiophene rings is 1. The van der Waals surface area contributed by atoms with Crippen LogP contribution in [0.4, 0.5) is 0 Å². The number of ether oxygens (including phenoxy) is 1. The van der Waals surface area contributed by atoms with Crippen LogP contribution >= 0.6 is 34.5 Å². The lowest BCUT2D eigenvalue weighted by atomic mass is 10.3. The lowest BCUT2D eigenvalue weighted by Crippen LogP contribution is -2.16. The highest BCUT2D eigenvalue weighted by Gasteiger charge is 2.16. The van der Waals surface area contributed by atoms with E-state index in [-0.39, 0.29) is 22.1 Å². The molecule has 0 N–H and O–H groups in total. The van der Waals surface area contributed by atoms with Crippen LogP contribution in [0.5, 0.6) is 0 Å². The lowest BCUT2D eigenvalue weighted by molar-refractivity contribution is 0.0468. The molecule has 0 radical (unpaired) electrons. The Labute approximate surface area is 138 Å². The van der Waals surface area contributed by atoms with Crippen molar-refractivity contribution in [2.24, 2.45) is 0 Å². The number of rotatable bonds is 3. The molecule has 0 bridgehead atoms. The van der Waals surface area contributed by atoms with E-state index in [1.54, 1.807) is 24.4 Å². The zero-order chi connectivity index (χ0) is 15.7. The van der Waals surface area contributed by atoms with Crippen molar-refractivity contribution in [1.29, 1.82) is 0 Å². The van der Waals surface area contributed by atoms with Gasteiger partial charge in [-0.3, -0.25) is 9.20 Å². The molecule has 3 heterocycles. The fourth-order valence-corrected chi connectivity index (χ4v) is 3.31. The summed E-state index contributed by atoms with van der Waals surface area (Å²) < 4.78 is 7.20. The van der Waals surface area contributed by atoms with Crippen molar-refractivity contribution in [2.45, 2.75) is 6.61 Å². The standard InChI is InChI=1S/C14H8Cl2N2O3S/c15-10-6-9(13(16)22-10)14(20)21-7-8-5-12(19)18-4-2-1-3-11(18)17-8/h1-6H,7H2. The Bertz CT molecular complexity index is 920. The van der Waals surface area contributed by atoms with E-state index >= 15 is 0 Å². The molecule has 3 aromatic heterocycles. The SMILES string of the molecule is O=C(OCc1cc(=O)n2ccccc2n1)c1cc(Cl)sc1Cl. The third kappa shape index (κ3) is 2.99. The van der Waals surface area contributed by atoms with Crippen LogP contribution in [0.2, 0.25) is 8.67 Å². The van der Waals surface area contributed by atoms with E-state index in [0.717, 1.165) is 11.3 Å². The zero-order valence-electron chi connectivity index (χ0n) is 11.0. The van der Waals surface area contributed by atoms with Crippen LogP contribution in [0.25, 0.3) is 5.65 Å². The highest BCUT2D eigenvalue weighted by Crippen LogP contribution is 2.31. The van der Waals surface area contributed by atoms with Gasteiger partial charge in [0.05, 0.1) is 15.6 Å². The van der Waals surface area contributed by atoms with Crippen LogP contribution in [-0.4, -0.2) is 15.4 Å². The molecule has 0 aromatic carbocycles. The second-order valence-corrected chi connectivity index (χ2v) is 6.61. The highest BCUT2D eigenvalue weighted by atomic mass is 35.5. The van der Waals surface area contributed by atoms with E-state index in [0.29, 0.717) is 15.7 Å². The first kappa shape index (κ1) is 15.0. The molecule has 3 rings (SSSR count). The maximum atomic E-state index is 11.9. The number of carbonyl (C=O) groups excluding carboxylic acids is 1. The number of hydrogen-bond acceptors (Lipinski definition) is 5. The minimum Gasteiger partial charge on any atom is -0.456 e. The van der Waals surface area contributed by atoms with Crippen LogP contribution in [0.15, 0.2) is 41.3 Å². The van der Waals surface area contributed by atoms with E-state index in [1.807, 2.05) is 0 Å². The Morgan fingerprint density at radius 1 is 1.32 bits per heavy atom. The van der Waals surface area contributed by atoms with Crippen LogP contribution in [0, 0.1) is 0 Å². The Hall–Kier alpha value is -1.89. The van der Waals surface area contributed by atoms with Gasteiger partial charge in [0.25, 0.3) is 5.56 Å². The molecule has 0 fully saturated rings. The van der Waals surface area contributed by atoms with Gasteiger partial charge in [-0.2, -0.15) is 0 Å². The Morgan fingerprint density at radius 2 is 2.14 bits per heavy atom. The molecule has 0 aliphatic rings. The number of hydrogen-bond donors (Lipinski definition) is 0. The molecular formula is C14H8Cl2N2O3S. The van der Waals surface area contributed by atoms with Gasteiger partial charge in [0.1, 0.15) is 16.6 Å². The molecule has 0 saturated heterocycles. The topological polar surface area (TPSA) is 60.7 Å². The maximum absolute atomic E-state index is 11.9. The number of esters is 1. The zero-order valence-corrected chi connectivity index (χ0v) is 13.3. The molecule has 8 heteroatoms. The molecule has 0 aliphatic carbocycles. The summed E-state index contributed by atoms with van der Waals surface area (Å²) in [5.74, 6) is -0.608. The molecule has 5 nitrogen and oxygen atoms in total. The Kier molecular flexibility index (Phi) is 4.15. The van der Waals surface area contributed by atoms with Gasteiger partial charge in [-0.1, -0.05) is 29.3 Å². The quantitative estimate of drug-likeness (QED) is 0.676. The van der Waals surface area contributed by atoms with Gasteiger partial charge in [-0.15, -0.1) is 11.3 Å². The van der Waals surface area contributed by atoms with Gasteiger partial charge < -0.3 is 4.74 Å². The maximum Gasteiger partial charge on any atom is 0.340 e. The van der Waals surface area contributed by atoms with E-state index in [9.17, 15) is 9.59 Å². The van der Waals surface area contributed by atoms with Crippen molar-refractivity contribution in [1.82, 2.24) is 9.38 Å². The van der Waals surface area contributed by atoms with Crippen molar-refractivity contribution < 1.29 is 9.53 Å². The second kappa shape index (κ2) is 6.08. The summed E-state index contributed by atoms with van der Waals surface area (Å²) in [4.78, 5) is 28.1. The van der Waals surface area contributed by atoms with E-state index < -0.39 is 5.97 Å². The normalized spacial score (nSPS) is 10.8. The summed E-state index contributed by atoms with van der Waals surface area (Å²) in [6.45, 7) is -0.122. The van der Waals surface area contributed by atoms with Gasteiger partial charge >= 0.3 is 5.97 Å². The summed E-state index contributed by atoms with van der Waals surface area (Å²) in [6.07, 6.45) is 1.62. The number of carbonyl (C=O) groups is 1. The van der Waals surface area contributed by atoms with Crippen molar-refractivity contribution in [3.8, 4) is 0 Å². The summed E-state index contributed by atoms with van der Waals surface area (Å²) in [7, 11) is 0. The minimum atomic E-state index is -0.608. The fourth-order valence-electron chi connectivity index (χ4n) is 1.87. The monoisotopic (exact) mass is 354 g/mol. The van der Waals surface area contributed by atoms with E-state index in [4.69, 9.17) is 27.9 Å². The van der Waals surface area contributed by atoms with Gasteiger partial charge in [-0.05, 0) is 18.2 Å². The lowest BCUT2D eigenvalue weighted by Gasteiger charge is -2.05. The molecule has 0 aliphatic heterocycles. The number of nitrogens with zero attached hydrogens (tertiary/aromatic N) is 2. The molecule has 0 spiro atoms. The summed E-state index contributed by atoms with van der Waals surface area (Å²) in [5, 5.41) is 0. The van der Waals surface area contributed by atoms with Crippen molar-refractivity contribution >= 4 is 46.2 Å². The molecule has 0 unspecified atom stereocenters. The Morgan fingerprint density at radius 3 is 2.86 bits per heavy atom. The summed E-state index contributed by atoms with van der Waals surface area (Å²) in [5.41, 5.74) is 0.807. The third-order valence-corrected chi connectivity index (χ3v) is 4.34. The van der Waals surface area contributed by atoms with Gasteiger partial charge in [-0.25, -0.2) is 9.78 Å². The first-order valence-corrected chi connectivity index (χ1v) is 7.71. The van der Waals surface area contributed by atoms with Crippen LogP contribution < -0.4 is 5.56 Å². The average molecular weight is 355 g/mol. The minimum absolute atomic E-state index is 0.122. The van der Waals surface area contributed by atoms with Gasteiger partial charge in [0.15, 0.2) is 0 Å². The molecular weight excluding hydrogens is 347 g/mol. The number of pyridine rings is 1. The third-order valence-electron chi connectivity index (χ3n) is 2.85. The summed E-state index contributed by atoms with van der Waals surface area (Å²) >= 11 is 12.8. The Balaban J connectivity index is 1.81. The first-order chi connectivity index (χ1) is 10.5. The molecule has 0 saturated carbocycles. The highest BCUT2D eigenvalue weighted by molar-refractivity contribution is 7.20. The van der Waals surface area contributed by atoms with Gasteiger partial charge in [0, 0.05) is 12.3 Å². The van der Waals surface area contributed by atoms with Crippen LogP contribution in [0.1, 0.15) is 16.1 Å². The molecule has 112 valence electrons. The van der Waals surface area contributed by atoms with Crippen molar-refractivity contribution in [3.63, 3.8) is 0 Å². The van der Waals surface area contributed by atoms with Gasteiger partial charge in [0.2, 0.25) is 0 Å². The number of halogens is 2. The molecule has 3 aromatic rings. The fraction of sp³-hybridized carbons (Fsp3) is 0.0714. The predicted octanol–water partition coefficient (Wildman–Crippen LogP) is 3.42. The van der Waals surface area contributed by atoms with Crippen molar-refractivity contribution in [3.05, 3.63) is 66.8 Å². The number of aromatic nitrogens is 2. The van der Waals surface area contributed by atoms with E-state index in [1.165, 1.54) is 16.5 Å². The smallest absolute Gasteiger partial charge is 0.340 e. The van der Waals surface area contributed by atoms with Crippen LogP contribution in [0.3, 0.4) is 0 Å². The molecule has 0 atom stereocenters. The first-order valence-electron chi connectivity index (χ1n) is 6.14. The second-order valence-electron chi connectivity index (χ2n) is 4.33. The molecule has 0 amide bonds. The predicted molar refractivity (Wildman–Crippen MR) is 84.9 cm³/mol. The van der Waals surface area contributed by atoms with Crippen molar-refractivity contribution in [2.75, 3.05) is 0 Å². The summed E-state index contributed by atoms with van der Waals surface area (Å²) in [6, 6.07) is 7.97. The van der Waals surface area contributed by atoms with Crippen LogP contribution in [-0.2, 0) is 11.3 Å². The molecule has 22 heavy (non-hydrogen) atoms.